The highest BCUT2D eigenvalue weighted by atomic mass is 16.5. The van der Waals surface area contributed by atoms with E-state index >= 15 is 0 Å². The fraction of sp³-hybridized carbons (Fsp3) is 0.500. The van der Waals surface area contributed by atoms with Gasteiger partial charge < -0.3 is 14.5 Å². The molecule has 2 heterocycles. The van der Waals surface area contributed by atoms with Gasteiger partial charge in [-0.15, -0.1) is 0 Å². The normalized spacial score (nSPS) is 17.1. The first-order chi connectivity index (χ1) is 14.1. The number of piperidine rings is 1. The number of benzene rings is 1. The summed E-state index contributed by atoms with van der Waals surface area (Å²) in [6.45, 7) is 3.81. The molecule has 3 rings (SSSR count). The standard InChI is InChI=1S/C22H30N4O3/c1-24(21(27)17-26-13-6-11-23-22(26)28)15-18-7-5-12-25(16-18)14-10-19-8-3-4-9-20(19)29-2/h3-4,6,8-9,11,13,18H,5,7,10,12,14-17H2,1-2H3/t18-/m1/s1. The molecule has 1 aliphatic heterocycles. The van der Waals surface area contributed by atoms with Crippen molar-refractivity contribution in [1.82, 2.24) is 19.4 Å². The van der Waals surface area contributed by atoms with Crippen molar-refractivity contribution in [3.63, 3.8) is 0 Å². The van der Waals surface area contributed by atoms with Crippen molar-refractivity contribution < 1.29 is 9.53 Å². The molecule has 1 aromatic heterocycles. The van der Waals surface area contributed by atoms with Crippen molar-refractivity contribution in [2.75, 3.05) is 40.3 Å². The second-order valence-corrected chi connectivity index (χ2v) is 7.68. The van der Waals surface area contributed by atoms with Crippen LogP contribution < -0.4 is 10.4 Å². The lowest BCUT2D eigenvalue weighted by Crippen LogP contribution is -2.43. The van der Waals surface area contributed by atoms with Crippen LogP contribution in [0.25, 0.3) is 0 Å². The van der Waals surface area contributed by atoms with Crippen molar-refractivity contribution >= 4 is 5.91 Å². The molecule has 2 aromatic rings. The first kappa shape index (κ1) is 21.0. The van der Waals surface area contributed by atoms with Crippen LogP contribution in [-0.4, -0.2) is 65.6 Å². The van der Waals surface area contributed by atoms with E-state index in [1.165, 1.54) is 16.3 Å². The van der Waals surface area contributed by atoms with Gasteiger partial charge in [0.1, 0.15) is 12.3 Å². The van der Waals surface area contributed by atoms with E-state index < -0.39 is 5.69 Å². The van der Waals surface area contributed by atoms with E-state index in [4.69, 9.17) is 4.74 Å². The van der Waals surface area contributed by atoms with Gasteiger partial charge in [0.05, 0.1) is 7.11 Å². The summed E-state index contributed by atoms with van der Waals surface area (Å²) in [5, 5.41) is 0. The lowest BCUT2D eigenvalue weighted by atomic mass is 9.97. The summed E-state index contributed by atoms with van der Waals surface area (Å²) < 4.78 is 6.80. The van der Waals surface area contributed by atoms with E-state index in [1.807, 2.05) is 25.2 Å². The quantitative estimate of drug-likeness (QED) is 0.677. The number of methoxy groups -OCH3 is 1. The summed E-state index contributed by atoms with van der Waals surface area (Å²) in [6.07, 6.45) is 6.25. The number of likely N-dealkylation sites (N-methyl/N-ethyl adjacent to an activating group) is 1. The fourth-order valence-corrected chi connectivity index (χ4v) is 3.95. The minimum absolute atomic E-state index is 0.0351. The highest BCUT2D eigenvalue weighted by molar-refractivity contribution is 5.75. The molecule has 0 radical (unpaired) electrons. The van der Waals surface area contributed by atoms with Crippen LogP contribution >= 0.6 is 0 Å². The van der Waals surface area contributed by atoms with Gasteiger partial charge in [-0.05, 0) is 49.4 Å². The van der Waals surface area contributed by atoms with E-state index in [2.05, 4.69) is 16.0 Å². The molecule has 7 nitrogen and oxygen atoms in total. The number of ether oxygens (including phenoxy) is 1. The van der Waals surface area contributed by atoms with Crippen LogP contribution in [0.5, 0.6) is 5.75 Å². The molecule has 0 spiro atoms. The summed E-state index contributed by atoms with van der Waals surface area (Å²) in [5.41, 5.74) is 0.834. The van der Waals surface area contributed by atoms with Crippen molar-refractivity contribution in [3.8, 4) is 5.75 Å². The summed E-state index contributed by atoms with van der Waals surface area (Å²) in [4.78, 5) is 32.1. The first-order valence-corrected chi connectivity index (χ1v) is 10.2. The lowest BCUT2D eigenvalue weighted by Gasteiger charge is -2.34. The third kappa shape index (κ3) is 5.90. The molecule has 0 aliphatic carbocycles. The Bertz CT molecular complexity index is 867. The number of rotatable bonds is 8. The molecule has 1 aromatic carbocycles. The highest BCUT2D eigenvalue weighted by Gasteiger charge is 2.23. The first-order valence-electron chi connectivity index (χ1n) is 10.2. The molecular weight excluding hydrogens is 368 g/mol. The molecule has 29 heavy (non-hydrogen) atoms. The Hall–Kier alpha value is -2.67. The smallest absolute Gasteiger partial charge is 0.347 e. The maximum atomic E-state index is 12.5. The van der Waals surface area contributed by atoms with Gasteiger partial charge in [-0.1, -0.05) is 18.2 Å². The SMILES string of the molecule is COc1ccccc1CCN1CCC[C@H](CN(C)C(=O)Cn2cccnc2=O)C1. The molecule has 7 heteroatoms. The molecule has 1 saturated heterocycles. The van der Waals surface area contributed by atoms with Gasteiger partial charge in [-0.25, -0.2) is 9.78 Å². The largest absolute Gasteiger partial charge is 0.496 e. The molecule has 1 fully saturated rings. The van der Waals surface area contributed by atoms with Crippen LogP contribution in [0.2, 0.25) is 0 Å². The van der Waals surface area contributed by atoms with Gasteiger partial charge in [0.2, 0.25) is 5.91 Å². The third-order valence-corrected chi connectivity index (χ3v) is 5.54. The second kappa shape index (κ2) is 10.2. The zero-order chi connectivity index (χ0) is 20.6. The van der Waals surface area contributed by atoms with Gasteiger partial charge in [0.15, 0.2) is 0 Å². The van der Waals surface area contributed by atoms with E-state index in [0.29, 0.717) is 12.5 Å². The summed E-state index contributed by atoms with van der Waals surface area (Å²) in [6, 6.07) is 9.82. The Morgan fingerprint density at radius 2 is 2.14 bits per heavy atom. The van der Waals surface area contributed by atoms with Crippen LogP contribution in [0, 0.1) is 5.92 Å². The topological polar surface area (TPSA) is 67.7 Å². The van der Waals surface area contributed by atoms with Crippen LogP contribution in [-0.2, 0) is 17.8 Å². The number of aromatic nitrogens is 2. The summed E-state index contributed by atoms with van der Waals surface area (Å²) in [7, 11) is 3.53. The Kier molecular flexibility index (Phi) is 7.41. The average Bonchev–Trinajstić information content (AvgIpc) is 2.74. The van der Waals surface area contributed by atoms with E-state index in [0.717, 1.165) is 44.6 Å². The van der Waals surface area contributed by atoms with Gasteiger partial charge >= 0.3 is 5.69 Å². The van der Waals surface area contributed by atoms with Crippen molar-refractivity contribution in [2.45, 2.75) is 25.8 Å². The monoisotopic (exact) mass is 398 g/mol. The minimum atomic E-state index is -0.394. The Morgan fingerprint density at radius 3 is 2.93 bits per heavy atom. The van der Waals surface area contributed by atoms with Crippen LogP contribution in [0.1, 0.15) is 18.4 Å². The predicted octanol–water partition coefficient (Wildman–Crippen LogP) is 1.67. The van der Waals surface area contributed by atoms with E-state index in [1.54, 1.807) is 24.3 Å². The number of para-hydroxylation sites is 1. The number of nitrogens with zero attached hydrogens (tertiary/aromatic N) is 4. The number of carbonyl (C=O) groups excluding carboxylic acids is 1. The number of hydrogen-bond acceptors (Lipinski definition) is 5. The van der Waals surface area contributed by atoms with Gasteiger partial charge in [0, 0.05) is 39.1 Å². The van der Waals surface area contributed by atoms with Crippen LogP contribution in [0.4, 0.5) is 0 Å². The number of likely N-dealkylation sites (tertiary alicyclic amines) is 1. The number of carbonyl (C=O) groups is 1. The number of hydrogen-bond donors (Lipinski definition) is 0. The van der Waals surface area contributed by atoms with Gasteiger partial charge in [0.25, 0.3) is 0 Å². The maximum absolute atomic E-state index is 12.5. The van der Waals surface area contributed by atoms with Crippen LogP contribution in [0.3, 0.4) is 0 Å². The van der Waals surface area contributed by atoms with Crippen LogP contribution in [0.15, 0.2) is 47.5 Å². The van der Waals surface area contributed by atoms with Crippen molar-refractivity contribution in [2.24, 2.45) is 5.92 Å². The molecular formula is C22H30N4O3. The lowest BCUT2D eigenvalue weighted by molar-refractivity contribution is -0.131. The zero-order valence-corrected chi connectivity index (χ0v) is 17.3. The molecule has 156 valence electrons. The average molecular weight is 399 g/mol. The molecule has 0 N–H and O–H groups in total. The highest BCUT2D eigenvalue weighted by Crippen LogP contribution is 2.21. The second-order valence-electron chi connectivity index (χ2n) is 7.68. The zero-order valence-electron chi connectivity index (χ0n) is 17.3. The summed E-state index contributed by atoms with van der Waals surface area (Å²) >= 11 is 0. The van der Waals surface area contributed by atoms with E-state index in [9.17, 15) is 9.59 Å². The molecule has 1 aliphatic rings. The summed E-state index contributed by atoms with van der Waals surface area (Å²) in [5.74, 6) is 1.32. The van der Waals surface area contributed by atoms with E-state index in [-0.39, 0.29) is 12.5 Å². The Labute approximate surface area is 171 Å². The fourth-order valence-electron chi connectivity index (χ4n) is 3.95. The molecule has 1 atom stereocenters. The maximum Gasteiger partial charge on any atom is 0.347 e. The minimum Gasteiger partial charge on any atom is -0.496 e. The molecule has 0 saturated carbocycles. The molecule has 0 bridgehead atoms. The Morgan fingerprint density at radius 1 is 1.31 bits per heavy atom. The third-order valence-electron chi connectivity index (χ3n) is 5.54. The number of amides is 1. The Balaban J connectivity index is 1.49. The van der Waals surface area contributed by atoms with Gasteiger partial charge in [-0.2, -0.15) is 0 Å². The molecule has 0 unspecified atom stereocenters. The predicted molar refractivity (Wildman–Crippen MR) is 112 cm³/mol. The van der Waals surface area contributed by atoms with Crippen molar-refractivity contribution in [3.05, 3.63) is 58.8 Å². The van der Waals surface area contributed by atoms with Crippen molar-refractivity contribution in [1.29, 1.82) is 0 Å². The van der Waals surface area contributed by atoms with Gasteiger partial charge in [-0.3, -0.25) is 9.36 Å². The molecule has 1 amide bonds.